The Morgan fingerprint density at radius 2 is 1.84 bits per heavy atom. The van der Waals surface area contributed by atoms with Crippen molar-refractivity contribution < 1.29 is 23.1 Å². The van der Waals surface area contributed by atoms with E-state index in [-0.39, 0.29) is 31.1 Å². The molecule has 1 aromatic carbocycles. The average molecular weight is 431 g/mol. The third kappa shape index (κ3) is 4.52. The molecule has 1 aromatic heterocycles. The van der Waals surface area contributed by atoms with Crippen molar-refractivity contribution in [2.45, 2.75) is 32.6 Å². The minimum Gasteiger partial charge on any atom is -0.481 e. The summed E-state index contributed by atoms with van der Waals surface area (Å²) in [7, 11) is 1.47. The lowest BCUT2D eigenvalue weighted by molar-refractivity contribution is -0.129. The summed E-state index contributed by atoms with van der Waals surface area (Å²) in [5.41, 5.74) is 0.711. The van der Waals surface area contributed by atoms with Crippen LogP contribution in [0.25, 0.3) is 11.1 Å². The fraction of sp³-hybridized carbons (Fsp3) is 0.435. The molecule has 1 saturated carbocycles. The third-order valence-electron chi connectivity index (χ3n) is 5.69. The van der Waals surface area contributed by atoms with Gasteiger partial charge in [0.25, 0.3) is 11.8 Å². The van der Waals surface area contributed by atoms with Crippen molar-refractivity contribution in [2.24, 2.45) is 5.41 Å². The Bertz CT molecular complexity index is 952. The van der Waals surface area contributed by atoms with Crippen LogP contribution < -0.4 is 10.1 Å². The molecule has 0 bridgehead atoms. The normalized spacial score (nSPS) is 20.6. The molecule has 2 amide bonds. The van der Waals surface area contributed by atoms with Gasteiger partial charge in [-0.25, -0.2) is 13.8 Å². The number of pyridine rings is 1. The van der Waals surface area contributed by atoms with Crippen LogP contribution in [-0.4, -0.2) is 54.4 Å². The van der Waals surface area contributed by atoms with Gasteiger partial charge in [-0.1, -0.05) is 44.2 Å². The Hall–Kier alpha value is -3.03. The monoisotopic (exact) mass is 431 g/mol. The highest BCUT2D eigenvalue weighted by Gasteiger charge is 2.72. The fourth-order valence-electron chi connectivity index (χ4n) is 3.83. The van der Waals surface area contributed by atoms with E-state index in [2.05, 4.69) is 10.3 Å². The molecule has 2 aliphatic rings. The largest absolute Gasteiger partial charge is 0.481 e. The van der Waals surface area contributed by atoms with Gasteiger partial charge in [0.15, 0.2) is 0 Å². The lowest BCUT2D eigenvalue weighted by atomic mass is 10.1. The Balaban J connectivity index is 0.00000132. The van der Waals surface area contributed by atoms with Crippen molar-refractivity contribution in [3.63, 3.8) is 0 Å². The number of hydrogen-bond donors (Lipinski definition) is 1. The first-order valence-electron chi connectivity index (χ1n) is 10.4. The zero-order chi connectivity index (χ0) is 22.6. The molecule has 1 aliphatic heterocycles. The number of ether oxygens (including phenoxy) is 1. The first kappa shape index (κ1) is 22.7. The molecule has 2 heterocycles. The number of aromatic nitrogens is 1. The molecule has 0 radical (unpaired) electrons. The number of nitrogens with zero attached hydrogens (tertiary/aromatic N) is 2. The van der Waals surface area contributed by atoms with Crippen LogP contribution in [0.5, 0.6) is 5.88 Å². The number of amides is 2. The third-order valence-corrected chi connectivity index (χ3v) is 5.69. The molecule has 4 rings (SSSR count). The first-order chi connectivity index (χ1) is 14.9. The topological polar surface area (TPSA) is 71.5 Å². The molecule has 1 N–H and O–H groups in total. The second-order valence-corrected chi connectivity index (χ2v) is 7.53. The summed E-state index contributed by atoms with van der Waals surface area (Å²) in [6.45, 7) is 4.08. The molecule has 31 heavy (non-hydrogen) atoms. The van der Waals surface area contributed by atoms with Crippen molar-refractivity contribution in [3.05, 3.63) is 48.2 Å². The van der Waals surface area contributed by atoms with Gasteiger partial charge in [0, 0.05) is 25.1 Å². The average Bonchev–Trinajstić information content (AvgIpc) is 3.11. The van der Waals surface area contributed by atoms with E-state index in [0.717, 1.165) is 11.1 Å². The van der Waals surface area contributed by atoms with Crippen LogP contribution in [0.3, 0.4) is 0 Å². The molecule has 1 atom stereocenters. The standard InChI is InChI=1S/C21H21F2N3O3.C2H6/c1-29-19-15(14-5-3-2-4-6-14)7-8-16(25-19)18(28)24-11-17(27)26-10-9-20(13-26)12-21(20,22)23;1-2/h2-8H,9-13H2,1H3,(H,24,28);1-2H3. The molecule has 1 aliphatic carbocycles. The van der Waals surface area contributed by atoms with Crippen molar-refractivity contribution in [2.75, 3.05) is 26.7 Å². The van der Waals surface area contributed by atoms with Crippen LogP contribution in [0.1, 0.15) is 37.2 Å². The van der Waals surface area contributed by atoms with Gasteiger partial charge in [-0.15, -0.1) is 0 Å². The number of methoxy groups -OCH3 is 1. The molecular formula is C23H27F2N3O3. The summed E-state index contributed by atoms with van der Waals surface area (Å²) in [5, 5.41) is 2.52. The van der Waals surface area contributed by atoms with Crippen molar-refractivity contribution in [1.29, 1.82) is 0 Å². The number of carbonyl (C=O) groups is 2. The summed E-state index contributed by atoms with van der Waals surface area (Å²) >= 11 is 0. The summed E-state index contributed by atoms with van der Waals surface area (Å²) in [6.07, 6.45) is 0.146. The predicted octanol–water partition coefficient (Wildman–Crippen LogP) is 3.77. The Morgan fingerprint density at radius 1 is 1.16 bits per heavy atom. The van der Waals surface area contributed by atoms with Crippen LogP contribution >= 0.6 is 0 Å². The highest BCUT2D eigenvalue weighted by molar-refractivity contribution is 5.95. The van der Waals surface area contributed by atoms with E-state index in [0.29, 0.717) is 18.8 Å². The van der Waals surface area contributed by atoms with Crippen LogP contribution in [0.2, 0.25) is 0 Å². The minimum atomic E-state index is -2.67. The van der Waals surface area contributed by atoms with Crippen LogP contribution in [-0.2, 0) is 4.79 Å². The molecule has 2 aromatic rings. The highest BCUT2D eigenvalue weighted by atomic mass is 19.3. The molecule has 8 heteroatoms. The summed E-state index contributed by atoms with van der Waals surface area (Å²) in [6, 6.07) is 12.8. The van der Waals surface area contributed by atoms with Gasteiger partial charge in [0.1, 0.15) is 5.69 Å². The maximum absolute atomic E-state index is 13.5. The summed E-state index contributed by atoms with van der Waals surface area (Å²) in [5.74, 6) is -3.27. The van der Waals surface area contributed by atoms with Crippen molar-refractivity contribution in [1.82, 2.24) is 15.2 Å². The Kier molecular flexibility index (Phi) is 6.57. The smallest absolute Gasteiger partial charge is 0.270 e. The molecule has 2 fully saturated rings. The fourth-order valence-corrected chi connectivity index (χ4v) is 3.83. The van der Waals surface area contributed by atoms with Crippen LogP contribution in [0.4, 0.5) is 8.78 Å². The Labute approximate surface area is 180 Å². The van der Waals surface area contributed by atoms with Crippen molar-refractivity contribution >= 4 is 11.8 Å². The number of halogens is 2. The number of benzene rings is 1. The molecular weight excluding hydrogens is 404 g/mol. The number of carbonyl (C=O) groups excluding carboxylic acids is 2. The molecule has 1 spiro atoms. The van der Waals surface area contributed by atoms with E-state index in [1.807, 2.05) is 44.2 Å². The van der Waals surface area contributed by atoms with Gasteiger partial charge < -0.3 is 15.0 Å². The van der Waals surface area contributed by atoms with Gasteiger partial charge in [0.2, 0.25) is 11.8 Å². The maximum Gasteiger partial charge on any atom is 0.270 e. The summed E-state index contributed by atoms with van der Waals surface area (Å²) < 4.78 is 32.2. The van der Waals surface area contributed by atoms with E-state index in [9.17, 15) is 18.4 Å². The van der Waals surface area contributed by atoms with Crippen LogP contribution in [0, 0.1) is 5.41 Å². The predicted molar refractivity (Wildman–Crippen MR) is 113 cm³/mol. The quantitative estimate of drug-likeness (QED) is 0.782. The number of likely N-dealkylation sites (tertiary alicyclic amines) is 1. The SMILES string of the molecule is CC.COc1nc(C(=O)NCC(=O)N2CCC3(C2)CC3(F)F)ccc1-c1ccccc1. The number of alkyl halides is 2. The van der Waals surface area contributed by atoms with E-state index in [1.54, 1.807) is 12.1 Å². The molecule has 1 unspecified atom stereocenters. The molecule has 1 saturated heterocycles. The van der Waals surface area contributed by atoms with E-state index in [1.165, 1.54) is 12.0 Å². The van der Waals surface area contributed by atoms with E-state index in [4.69, 9.17) is 4.74 Å². The number of nitrogens with one attached hydrogen (secondary N) is 1. The lowest BCUT2D eigenvalue weighted by Gasteiger charge is -2.17. The van der Waals surface area contributed by atoms with Gasteiger partial charge in [-0.3, -0.25) is 9.59 Å². The molecule has 166 valence electrons. The second-order valence-electron chi connectivity index (χ2n) is 7.53. The summed E-state index contributed by atoms with van der Waals surface area (Å²) in [4.78, 5) is 30.3. The minimum absolute atomic E-state index is 0.0482. The van der Waals surface area contributed by atoms with Gasteiger partial charge in [0.05, 0.1) is 19.1 Å². The van der Waals surface area contributed by atoms with Crippen LogP contribution in [0.15, 0.2) is 42.5 Å². The van der Waals surface area contributed by atoms with Crippen molar-refractivity contribution in [3.8, 4) is 17.0 Å². The zero-order valence-electron chi connectivity index (χ0n) is 18.0. The lowest BCUT2D eigenvalue weighted by Crippen LogP contribution is -2.39. The second kappa shape index (κ2) is 8.99. The number of rotatable bonds is 5. The zero-order valence-corrected chi connectivity index (χ0v) is 18.0. The van der Waals surface area contributed by atoms with Gasteiger partial charge in [-0.05, 0) is 24.1 Å². The van der Waals surface area contributed by atoms with Gasteiger partial charge >= 0.3 is 0 Å². The highest BCUT2D eigenvalue weighted by Crippen LogP contribution is 2.64. The Morgan fingerprint density at radius 3 is 2.42 bits per heavy atom. The molecule has 6 nitrogen and oxygen atoms in total. The van der Waals surface area contributed by atoms with Gasteiger partial charge in [-0.2, -0.15) is 0 Å². The maximum atomic E-state index is 13.5. The van der Waals surface area contributed by atoms with E-state index >= 15 is 0 Å². The van der Waals surface area contributed by atoms with E-state index < -0.39 is 17.2 Å². The first-order valence-corrected chi connectivity index (χ1v) is 10.4. The number of hydrogen-bond acceptors (Lipinski definition) is 4.